The summed E-state index contributed by atoms with van der Waals surface area (Å²) in [7, 11) is 0. The summed E-state index contributed by atoms with van der Waals surface area (Å²) in [6.07, 6.45) is 2.13. The average Bonchev–Trinajstić information content (AvgIpc) is 3.01. The van der Waals surface area contributed by atoms with Gasteiger partial charge in [-0.25, -0.2) is 18.4 Å². The predicted octanol–water partition coefficient (Wildman–Crippen LogP) is 4.51. The van der Waals surface area contributed by atoms with Crippen LogP contribution in [0.5, 0.6) is 0 Å². The van der Waals surface area contributed by atoms with Gasteiger partial charge in [-0.05, 0) is 56.7 Å². The molecule has 1 aromatic heterocycles. The normalized spacial score (nSPS) is 15.4. The van der Waals surface area contributed by atoms with Crippen LogP contribution in [0.4, 0.5) is 13.8 Å². The number of thiophene rings is 1. The van der Waals surface area contributed by atoms with Crippen LogP contribution < -0.4 is 5.32 Å². The molecule has 0 saturated heterocycles. The number of hydrogen-bond acceptors (Lipinski definition) is 6. The number of carbonyl (C=O) groups excluding carboxylic acids is 3. The second kappa shape index (κ2) is 9.55. The SMILES string of the molecule is CC1CCc2c(sc(NC(=O)COC(=O)c3cc(F)cc(F)c3)c2C(=O)OC(C)C)C1. The van der Waals surface area contributed by atoms with Crippen molar-refractivity contribution >= 4 is 34.2 Å². The van der Waals surface area contributed by atoms with E-state index in [1.54, 1.807) is 13.8 Å². The average molecular weight is 451 g/mol. The highest BCUT2D eigenvalue weighted by molar-refractivity contribution is 7.17. The third kappa shape index (κ3) is 5.66. The first-order valence-corrected chi connectivity index (χ1v) is 10.7. The molecule has 1 aliphatic rings. The highest BCUT2D eigenvalue weighted by Crippen LogP contribution is 2.40. The lowest BCUT2D eigenvalue weighted by molar-refractivity contribution is -0.119. The molecule has 1 heterocycles. The zero-order valence-electron chi connectivity index (χ0n) is 17.4. The molecule has 166 valence electrons. The molecule has 2 aromatic rings. The molecule has 31 heavy (non-hydrogen) atoms. The number of ether oxygens (including phenoxy) is 2. The maximum absolute atomic E-state index is 13.3. The summed E-state index contributed by atoms with van der Waals surface area (Å²) in [5.74, 6) is -3.60. The Bertz CT molecular complexity index is 997. The van der Waals surface area contributed by atoms with Crippen LogP contribution in [-0.4, -0.2) is 30.6 Å². The van der Waals surface area contributed by atoms with Crippen molar-refractivity contribution < 1.29 is 32.6 Å². The number of halogens is 2. The van der Waals surface area contributed by atoms with Crippen molar-refractivity contribution in [3.05, 3.63) is 51.4 Å². The van der Waals surface area contributed by atoms with Crippen LogP contribution in [0.25, 0.3) is 0 Å². The summed E-state index contributed by atoms with van der Waals surface area (Å²) in [5.41, 5.74) is 0.885. The van der Waals surface area contributed by atoms with Crippen molar-refractivity contribution in [2.75, 3.05) is 11.9 Å². The molecule has 9 heteroatoms. The Kier molecular flexibility index (Phi) is 7.04. The second-order valence-corrected chi connectivity index (χ2v) is 8.90. The number of fused-ring (bicyclic) bond motifs is 1. The summed E-state index contributed by atoms with van der Waals surface area (Å²) < 4.78 is 36.7. The largest absolute Gasteiger partial charge is 0.459 e. The van der Waals surface area contributed by atoms with E-state index in [0.717, 1.165) is 35.4 Å². The summed E-state index contributed by atoms with van der Waals surface area (Å²) in [5, 5.41) is 2.97. The van der Waals surface area contributed by atoms with Gasteiger partial charge in [-0.2, -0.15) is 0 Å². The van der Waals surface area contributed by atoms with E-state index in [1.807, 2.05) is 0 Å². The van der Waals surface area contributed by atoms with E-state index >= 15 is 0 Å². The predicted molar refractivity (Wildman–Crippen MR) is 111 cm³/mol. The third-order valence-corrected chi connectivity index (χ3v) is 5.91. The number of carbonyl (C=O) groups is 3. The highest BCUT2D eigenvalue weighted by Gasteiger charge is 2.29. The Morgan fingerprint density at radius 2 is 1.84 bits per heavy atom. The first-order chi connectivity index (χ1) is 14.6. The standard InChI is InChI=1S/C22H23F2NO5S/c1-11(2)30-22(28)19-16-5-4-12(3)6-17(16)31-20(19)25-18(26)10-29-21(27)13-7-14(23)9-15(24)8-13/h7-9,11-12H,4-6,10H2,1-3H3,(H,25,26). The Balaban J connectivity index is 1.73. The molecule has 1 amide bonds. The van der Waals surface area contributed by atoms with Crippen LogP contribution in [0.2, 0.25) is 0 Å². The van der Waals surface area contributed by atoms with E-state index in [0.29, 0.717) is 29.0 Å². The molecule has 1 N–H and O–H groups in total. The van der Waals surface area contributed by atoms with Crippen molar-refractivity contribution in [3.8, 4) is 0 Å². The number of hydrogen-bond donors (Lipinski definition) is 1. The molecule has 0 saturated carbocycles. The van der Waals surface area contributed by atoms with Gasteiger partial charge >= 0.3 is 11.9 Å². The highest BCUT2D eigenvalue weighted by atomic mass is 32.1. The van der Waals surface area contributed by atoms with Gasteiger partial charge in [0.25, 0.3) is 5.91 Å². The van der Waals surface area contributed by atoms with Crippen molar-refractivity contribution in [3.63, 3.8) is 0 Å². The lowest BCUT2D eigenvalue weighted by Crippen LogP contribution is -2.22. The number of nitrogens with one attached hydrogen (secondary N) is 1. The van der Waals surface area contributed by atoms with E-state index in [2.05, 4.69) is 12.2 Å². The van der Waals surface area contributed by atoms with Gasteiger partial charge in [0.1, 0.15) is 16.6 Å². The fraction of sp³-hybridized carbons (Fsp3) is 0.409. The molecule has 0 radical (unpaired) electrons. The summed E-state index contributed by atoms with van der Waals surface area (Å²) >= 11 is 1.31. The lowest BCUT2D eigenvalue weighted by atomic mass is 9.88. The Morgan fingerprint density at radius 3 is 2.48 bits per heavy atom. The quantitative estimate of drug-likeness (QED) is 0.654. The number of benzene rings is 1. The third-order valence-electron chi connectivity index (χ3n) is 4.74. The minimum absolute atomic E-state index is 0.318. The van der Waals surface area contributed by atoms with E-state index in [1.165, 1.54) is 11.3 Å². The maximum atomic E-state index is 13.3. The molecule has 0 fully saturated rings. The molecule has 0 spiro atoms. The molecular formula is C22H23F2NO5S. The Labute approximate surface area is 182 Å². The fourth-order valence-electron chi connectivity index (χ4n) is 3.38. The Morgan fingerprint density at radius 1 is 1.16 bits per heavy atom. The molecule has 0 bridgehead atoms. The van der Waals surface area contributed by atoms with Gasteiger partial charge in [-0.1, -0.05) is 6.92 Å². The Hall–Kier alpha value is -2.81. The smallest absolute Gasteiger partial charge is 0.341 e. The van der Waals surface area contributed by atoms with Crippen molar-refractivity contribution in [2.45, 2.75) is 46.1 Å². The first-order valence-electron chi connectivity index (χ1n) is 9.92. The first kappa shape index (κ1) is 22.9. The number of rotatable bonds is 6. The van der Waals surface area contributed by atoms with Gasteiger partial charge in [0.05, 0.1) is 17.2 Å². The minimum atomic E-state index is -1.03. The number of amides is 1. The van der Waals surface area contributed by atoms with Crippen LogP contribution >= 0.6 is 11.3 Å². The molecule has 1 atom stereocenters. The molecule has 0 aliphatic heterocycles. The van der Waals surface area contributed by atoms with Gasteiger partial charge in [0.2, 0.25) is 0 Å². The van der Waals surface area contributed by atoms with Crippen LogP contribution in [-0.2, 0) is 27.1 Å². The number of anilines is 1. The summed E-state index contributed by atoms with van der Waals surface area (Å²) in [4.78, 5) is 38.1. The molecule has 1 aliphatic carbocycles. The summed E-state index contributed by atoms with van der Waals surface area (Å²) in [6, 6.07) is 2.26. The molecule has 6 nitrogen and oxygen atoms in total. The number of esters is 2. The van der Waals surface area contributed by atoms with E-state index in [-0.39, 0.29) is 11.7 Å². The van der Waals surface area contributed by atoms with Gasteiger partial charge in [0.15, 0.2) is 6.61 Å². The van der Waals surface area contributed by atoms with Crippen molar-refractivity contribution in [2.24, 2.45) is 5.92 Å². The lowest BCUT2D eigenvalue weighted by Gasteiger charge is -2.18. The zero-order valence-corrected chi connectivity index (χ0v) is 18.2. The monoisotopic (exact) mass is 451 g/mol. The van der Waals surface area contributed by atoms with E-state index in [9.17, 15) is 23.2 Å². The van der Waals surface area contributed by atoms with Crippen molar-refractivity contribution in [1.82, 2.24) is 0 Å². The second-order valence-electron chi connectivity index (χ2n) is 7.79. The van der Waals surface area contributed by atoms with Crippen LogP contribution in [0, 0.1) is 17.6 Å². The molecule has 1 unspecified atom stereocenters. The van der Waals surface area contributed by atoms with Gasteiger partial charge < -0.3 is 14.8 Å². The zero-order chi connectivity index (χ0) is 22.7. The van der Waals surface area contributed by atoms with Crippen LogP contribution in [0.15, 0.2) is 18.2 Å². The van der Waals surface area contributed by atoms with E-state index < -0.39 is 36.1 Å². The maximum Gasteiger partial charge on any atom is 0.341 e. The summed E-state index contributed by atoms with van der Waals surface area (Å²) in [6.45, 7) is 4.94. The topological polar surface area (TPSA) is 81.7 Å². The van der Waals surface area contributed by atoms with Gasteiger partial charge in [0, 0.05) is 10.9 Å². The molecule has 1 aromatic carbocycles. The van der Waals surface area contributed by atoms with Gasteiger partial charge in [-0.15, -0.1) is 11.3 Å². The molecular weight excluding hydrogens is 428 g/mol. The van der Waals surface area contributed by atoms with Crippen LogP contribution in [0.3, 0.4) is 0 Å². The van der Waals surface area contributed by atoms with Gasteiger partial charge in [-0.3, -0.25) is 4.79 Å². The van der Waals surface area contributed by atoms with Crippen LogP contribution in [0.1, 0.15) is 58.3 Å². The minimum Gasteiger partial charge on any atom is -0.459 e. The van der Waals surface area contributed by atoms with Crippen molar-refractivity contribution in [1.29, 1.82) is 0 Å². The van der Waals surface area contributed by atoms with E-state index in [4.69, 9.17) is 9.47 Å². The fourth-order valence-corrected chi connectivity index (χ4v) is 4.79. The molecule has 3 rings (SSSR count).